The third-order valence-corrected chi connectivity index (χ3v) is 6.19. The number of nitrogens with zero attached hydrogens (tertiary/aromatic N) is 2. The number of hydrogen-bond acceptors (Lipinski definition) is 6. The van der Waals surface area contributed by atoms with E-state index in [1.165, 1.54) is 6.26 Å². The van der Waals surface area contributed by atoms with Crippen LogP contribution in [0.2, 0.25) is 0 Å². The zero-order valence-corrected chi connectivity index (χ0v) is 13.6. The second-order valence-electron chi connectivity index (χ2n) is 5.55. The number of thiazole rings is 1. The lowest BCUT2D eigenvalue weighted by Gasteiger charge is -2.37. The molecule has 0 bridgehead atoms. The van der Waals surface area contributed by atoms with Crippen LogP contribution in [0, 0.1) is 5.92 Å². The molecule has 0 N–H and O–H groups in total. The molecule has 118 valence electrons. The van der Waals surface area contributed by atoms with Crippen LogP contribution in [0.5, 0.6) is 0 Å². The van der Waals surface area contributed by atoms with Crippen molar-refractivity contribution < 1.29 is 17.9 Å². The summed E-state index contributed by atoms with van der Waals surface area (Å²) in [6.45, 7) is 2.05. The van der Waals surface area contributed by atoms with Crippen molar-refractivity contribution in [1.29, 1.82) is 0 Å². The molecule has 1 saturated heterocycles. The van der Waals surface area contributed by atoms with Crippen molar-refractivity contribution in [3.63, 3.8) is 0 Å². The molecule has 1 aliphatic carbocycles. The van der Waals surface area contributed by atoms with Crippen LogP contribution in [-0.4, -0.2) is 55.9 Å². The zero-order valence-electron chi connectivity index (χ0n) is 12.0. The lowest BCUT2D eigenvalue weighted by atomic mass is 10.1. The maximum atomic E-state index is 11.8. The third-order valence-electron chi connectivity index (χ3n) is 4.14. The Bertz CT molecular complexity index is 561. The first-order valence-electron chi connectivity index (χ1n) is 7.10. The Morgan fingerprint density at radius 1 is 1.52 bits per heavy atom. The molecule has 2 heterocycles. The Hall–Kier alpha value is -0.540. The fourth-order valence-corrected chi connectivity index (χ4v) is 4.91. The minimum atomic E-state index is -3.16. The molecule has 0 spiro atoms. The Morgan fingerprint density at radius 3 is 3.10 bits per heavy atom. The van der Waals surface area contributed by atoms with Crippen molar-refractivity contribution in [2.75, 3.05) is 26.0 Å². The average molecular weight is 332 g/mol. The van der Waals surface area contributed by atoms with Gasteiger partial charge in [-0.1, -0.05) is 0 Å². The van der Waals surface area contributed by atoms with Crippen LogP contribution in [0.4, 0.5) is 0 Å². The molecule has 1 aliphatic heterocycles. The summed E-state index contributed by atoms with van der Waals surface area (Å²) >= 11 is 1.58. The van der Waals surface area contributed by atoms with Crippen LogP contribution in [0.15, 0.2) is 11.6 Å². The fraction of sp³-hybridized carbons (Fsp3) is 0.769. The van der Waals surface area contributed by atoms with E-state index in [2.05, 4.69) is 4.98 Å². The van der Waals surface area contributed by atoms with E-state index in [1.54, 1.807) is 21.8 Å². The Labute approximate surface area is 129 Å². The highest BCUT2D eigenvalue weighted by Gasteiger charge is 2.45. The molecule has 3 atom stereocenters. The van der Waals surface area contributed by atoms with Gasteiger partial charge in [-0.15, -0.1) is 11.3 Å². The van der Waals surface area contributed by atoms with Gasteiger partial charge in [0.15, 0.2) is 0 Å². The van der Waals surface area contributed by atoms with E-state index in [-0.39, 0.29) is 18.1 Å². The molecule has 1 saturated carbocycles. The summed E-state index contributed by atoms with van der Waals surface area (Å²) in [4.78, 5) is 4.18. The molecule has 0 radical (unpaired) electrons. The van der Waals surface area contributed by atoms with Gasteiger partial charge in [0.05, 0.1) is 38.2 Å². The van der Waals surface area contributed by atoms with Gasteiger partial charge in [-0.25, -0.2) is 13.4 Å². The van der Waals surface area contributed by atoms with E-state index in [0.717, 1.165) is 17.8 Å². The smallest absolute Gasteiger partial charge is 0.211 e. The van der Waals surface area contributed by atoms with Crippen molar-refractivity contribution in [1.82, 2.24) is 9.29 Å². The molecule has 6 nitrogen and oxygen atoms in total. The highest BCUT2D eigenvalue weighted by Crippen LogP contribution is 2.36. The molecule has 0 amide bonds. The normalized spacial score (nSPS) is 30.4. The topological polar surface area (TPSA) is 68.7 Å². The first-order valence-corrected chi connectivity index (χ1v) is 9.83. The minimum Gasteiger partial charge on any atom is -0.375 e. The molecule has 0 aromatic carbocycles. The van der Waals surface area contributed by atoms with Crippen LogP contribution >= 0.6 is 11.3 Å². The monoisotopic (exact) mass is 332 g/mol. The Kier molecular flexibility index (Phi) is 4.60. The van der Waals surface area contributed by atoms with Crippen LogP contribution in [-0.2, 0) is 26.1 Å². The van der Waals surface area contributed by atoms with E-state index in [9.17, 15) is 8.42 Å². The standard InChI is InChI=1S/C13H20N2O4S2/c1-21(16,17)15-5-6-19-13-10(2-3-11(13)15)8-18-9-12-14-4-7-20-12/h4,7,10-11,13H,2-3,5-6,8-9H2,1H3/t10-,11-,13-/m1/s1. The van der Waals surface area contributed by atoms with E-state index in [1.807, 2.05) is 5.38 Å². The number of ether oxygens (including phenoxy) is 2. The predicted molar refractivity (Wildman–Crippen MR) is 79.6 cm³/mol. The van der Waals surface area contributed by atoms with Crippen molar-refractivity contribution in [2.45, 2.75) is 31.6 Å². The van der Waals surface area contributed by atoms with E-state index < -0.39 is 10.0 Å². The van der Waals surface area contributed by atoms with E-state index in [4.69, 9.17) is 9.47 Å². The van der Waals surface area contributed by atoms with Gasteiger partial charge in [-0.3, -0.25) is 0 Å². The van der Waals surface area contributed by atoms with Gasteiger partial charge in [-0.2, -0.15) is 4.31 Å². The Morgan fingerprint density at radius 2 is 2.38 bits per heavy atom. The molecule has 2 aliphatic rings. The highest BCUT2D eigenvalue weighted by molar-refractivity contribution is 7.88. The number of rotatable bonds is 5. The van der Waals surface area contributed by atoms with Crippen molar-refractivity contribution >= 4 is 21.4 Å². The zero-order chi connectivity index (χ0) is 14.9. The lowest BCUT2D eigenvalue weighted by Crippen LogP contribution is -2.52. The lowest BCUT2D eigenvalue weighted by molar-refractivity contribution is -0.0638. The van der Waals surface area contributed by atoms with Crippen molar-refractivity contribution in [3.8, 4) is 0 Å². The highest BCUT2D eigenvalue weighted by atomic mass is 32.2. The molecule has 0 unspecified atom stereocenters. The first kappa shape index (κ1) is 15.4. The van der Waals surface area contributed by atoms with Gasteiger partial charge >= 0.3 is 0 Å². The largest absolute Gasteiger partial charge is 0.375 e. The van der Waals surface area contributed by atoms with Crippen LogP contribution < -0.4 is 0 Å². The van der Waals surface area contributed by atoms with Crippen LogP contribution in [0.25, 0.3) is 0 Å². The van der Waals surface area contributed by atoms with Gasteiger partial charge in [-0.05, 0) is 12.8 Å². The number of morpholine rings is 1. The van der Waals surface area contributed by atoms with Crippen molar-refractivity contribution in [2.24, 2.45) is 5.92 Å². The number of fused-ring (bicyclic) bond motifs is 1. The van der Waals surface area contributed by atoms with E-state index in [0.29, 0.717) is 26.4 Å². The number of hydrogen-bond donors (Lipinski definition) is 0. The van der Waals surface area contributed by atoms with Gasteiger partial charge in [0.25, 0.3) is 0 Å². The molecule has 2 fully saturated rings. The van der Waals surface area contributed by atoms with Gasteiger partial charge in [0.2, 0.25) is 10.0 Å². The molecule has 1 aromatic heterocycles. The maximum Gasteiger partial charge on any atom is 0.211 e. The number of aromatic nitrogens is 1. The molecule has 21 heavy (non-hydrogen) atoms. The van der Waals surface area contributed by atoms with Crippen LogP contribution in [0.1, 0.15) is 17.8 Å². The summed E-state index contributed by atoms with van der Waals surface area (Å²) in [5.41, 5.74) is 0. The Balaban J connectivity index is 1.57. The SMILES string of the molecule is CS(=O)(=O)N1CCO[C@@H]2[C@@H](COCc3nccs3)CC[C@H]21. The molecular weight excluding hydrogens is 312 g/mol. The fourth-order valence-electron chi connectivity index (χ4n) is 3.24. The molecule has 8 heteroatoms. The molecule has 3 rings (SSSR count). The predicted octanol–water partition coefficient (Wildman–Crippen LogP) is 1.10. The summed E-state index contributed by atoms with van der Waals surface area (Å²) in [6, 6.07) is -0.0257. The first-order chi connectivity index (χ1) is 10.1. The summed E-state index contributed by atoms with van der Waals surface area (Å²) < 4.78 is 36.8. The van der Waals surface area contributed by atoms with Gasteiger partial charge in [0.1, 0.15) is 5.01 Å². The summed E-state index contributed by atoms with van der Waals surface area (Å²) in [5.74, 6) is 0.263. The third kappa shape index (κ3) is 3.45. The second kappa shape index (κ2) is 6.29. The summed E-state index contributed by atoms with van der Waals surface area (Å²) in [6.07, 6.45) is 4.80. The number of sulfonamides is 1. The van der Waals surface area contributed by atoms with Crippen molar-refractivity contribution in [3.05, 3.63) is 16.6 Å². The average Bonchev–Trinajstić information content (AvgIpc) is 3.07. The van der Waals surface area contributed by atoms with Gasteiger partial charge < -0.3 is 9.47 Å². The minimum absolute atomic E-state index is 0.0257. The second-order valence-corrected chi connectivity index (χ2v) is 8.47. The summed E-state index contributed by atoms with van der Waals surface area (Å²) in [5, 5.41) is 2.89. The van der Waals surface area contributed by atoms with Crippen LogP contribution in [0.3, 0.4) is 0 Å². The molecular formula is C13H20N2O4S2. The molecule has 1 aromatic rings. The maximum absolute atomic E-state index is 11.8. The quantitative estimate of drug-likeness (QED) is 0.808. The summed E-state index contributed by atoms with van der Waals surface area (Å²) in [7, 11) is -3.16. The van der Waals surface area contributed by atoms with Gasteiger partial charge in [0, 0.05) is 24.0 Å². The van der Waals surface area contributed by atoms with E-state index >= 15 is 0 Å².